The van der Waals surface area contributed by atoms with E-state index in [9.17, 15) is 9.59 Å². The highest BCUT2D eigenvalue weighted by molar-refractivity contribution is 6.31. The van der Waals surface area contributed by atoms with Crippen molar-refractivity contribution in [2.24, 2.45) is 5.41 Å². The highest BCUT2D eigenvalue weighted by Crippen LogP contribution is 2.21. The van der Waals surface area contributed by atoms with Crippen LogP contribution in [0.5, 0.6) is 0 Å². The fourth-order valence-corrected chi connectivity index (χ4v) is 1.29. The fourth-order valence-electron chi connectivity index (χ4n) is 1.10. The molecule has 18 heavy (non-hydrogen) atoms. The van der Waals surface area contributed by atoms with Crippen molar-refractivity contribution in [1.82, 2.24) is 0 Å². The van der Waals surface area contributed by atoms with Gasteiger partial charge in [-0.1, -0.05) is 11.6 Å². The minimum absolute atomic E-state index is 0.167. The van der Waals surface area contributed by atoms with Crippen molar-refractivity contribution < 1.29 is 19.4 Å². The Morgan fingerprint density at radius 2 is 2.06 bits per heavy atom. The average molecular weight is 272 g/mol. The molecule has 0 fully saturated rings. The maximum atomic E-state index is 11.7. The molecule has 0 aromatic heterocycles. The van der Waals surface area contributed by atoms with Crippen molar-refractivity contribution in [3.63, 3.8) is 0 Å². The average Bonchev–Trinajstić information content (AvgIpc) is 2.25. The van der Waals surface area contributed by atoms with Gasteiger partial charge in [0, 0.05) is 10.7 Å². The molecule has 0 saturated heterocycles. The van der Waals surface area contributed by atoms with Crippen LogP contribution in [0.2, 0.25) is 5.02 Å². The summed E-state index contributed by atoms with van der Waals surface area (Å²) in [5, 5.41) is 9.29. The van der Waals surface area contributed by atoms with Crippen LogP contribution < -0.4 is 5.73 Å². The van der Waals surface area contributed by atoms with E-state index in [1.165, 1.54) is 32.0 Å². The number of carbonyl (C=O) groups is 2. The van der Waals surface area contributed by atoms with Crippen molar-refractivity contribution in [3.8, 4) is 0 Å². The Morgan fingerprint density at radius 1 is 1.44 bits per heavy atom. The van der Waals surface area contributed by atoms with E-state index >= 15 is 0 Å². The maximum absolute atomic E-state index is 11.7. The number of nitrogen functional groups attached to an aromatic ring is 1. The van der Waals surface area contributed by atoms with E-state index in [-0.39, 0.29) is 17.9 Å². The number of halogens is 1. The van der Waals surface area contributed by atoms with Crippen LogP contribution in [-0.4, -0.2) is 23.7 Å². The summed E-state index contributed by atoms with van der Waals surface area (Å²) in [6.07, 6.45) is 0. The summed E-state index contributed by atoms with van der Waals surface area (Å²) in [4.78, 5) is 22.6. The van der Waals surface area contributed by atoms with E-state index in [0.717, 1.165) is 0 Å². The minimum atomic E-state index is -1.14. The molecule has 0 heterocycles. The predicted molar refractivity (Wildman–Crippen MR) is 67.6 cm³/mol. The third-order valence-electron chi connectivity index (χ3n) is 2.38. The number of carboxylic acid groups (broad SMARTS) is 1. The van der Waals surface area contributed by atoms with Gasteiger partial charge in [0.05, 0.1) is 11.0 Å². The number of anilines is 1. The predicted octanol–water partition coefficient (Wildman–Crippen LogP) is 2.19. The summed E-state index contributed by atoms with van der Waals surface area (Å²) in [6, 6.07) is 4.38. The zero-order valence-electron chi connectivity index (χ0n) is 10.1. The Balaban J connectivity index is 2.75. The normalized spacial score (nSPS) is 11.1. The number of carbonyl (C=O) groups excluding carboxylic acids is 1. The number of rotatable bonds is 4. The van der Waals surface area contributed by atoms with E-state index in [4.69, 9.17) is 27.2 Å². The zero-order valence-corrected chi connectivity index (χ0v) is 10.8. The standard InChI is InChI=1S/C12H14ClNO4/c1-12(2,11(16)17)6-18-10(15)8-4-3-7(13)5-9(8)14/h3-5H,6,14H2,1-2H3,(H,16,17). The molecule has 0 radical (unpaired) electrons. The van der Waals surface area contributed by atoms with Crippen LogP contribution in [0, 0.1) is 5.41 Å². The van der Waals surface area contributed by atoms with Gasteiger partial charge in [-0.05, 0) is 32.0 Å². The molecule has 6 heteroatoms. The Kier molecular flexibility index (Phi) is 4.19. The van der Waals surface area contributed by atoms with Gasteiger partial charge in [-0.15, -0.1) is 0 Å². The Morgan fingerprint density at radius 3 is 2.56 bits per heavy atom. The smallest absolute Gasteiger partial charge is 0.340 e. The second-order valence-corrected chi connectivity index (χ2v) is 4.93. The topological polar surface area (TPSA) is 89.6 Å². The molecule has 5 nitrogen and oxygen atoms in total. The Bertz CT molecular complexity index is 485. The van der Waals surface area contributed by atoms with E-state index < -0.39 is 17.4 Å². The lowest BCUT2D eigenvalue weighted by Crippen LogP contribution is -2.30. The van der Waals surface area contributed by atoms with Gasteiger partial charge in [0.2, 0.25) is 0 Å². The number of esters is 1. The van der Waals surface area contributed by atoms with Crippen molar-refractivity contribution in [2.45, 2.75) is 13.8 Å². The number of aliphatic carboxylic acids is 1. The summed E-state index contributed by atoms with van der Waals surface area (Å²) in [7, 11) is 0. The number of hydrogen-bond donors (Lipinski definition) is 2. The van der Waals surface area contributed by atoms with E-state index in [0.29, 0.717) is 5.02 Å². The third-order valence-corrected chi connectivity index (χ3v) is 2.61. The van der Waals surface area contributed by atoms with Gasteiger partial charge in [0.25, 0.3) is 0 Å². The number of benzene rings is 1. The van der Waals surface area contributed by atoms with Crippen molar-refractivity contribution in [3.05, 3.63) is 28.8 Å². The van der Waals surface area contributed by atoms with Gasteiger partial charge in [-0.2, -0.15) is 0 Å². The molecule has 1 aromatic rings. The molecule has 0 spiro atoms. The molecule has 1 rings (SSSR count). The van der Waals surface area contributed by atoms with Gasteiger partial charge in [0.15, 0.2) is 0 Å². The second-order valence-electron chi connectivity index (χ2n) is 4.50. The van der Waals surface area contributed by atoms with Crippen molar-refractivity contribution >= 4 is 29.2 Å². The Labute approximate surface area is 109 Å². The van der Waals surface area contributed by atoms with Crippen LogP contribution in [-0.2, 0) is 9.53 Å². The summed E-state index contributed by atoms with van der Waals surface area (Å²) < 4.78 is 4.93. The van der Waals surface area contributed by atoms with Crippen LogP contribution in [0.4, 0.5) is 5.69 Å². The monoisotopic (exact) mass is 271 g/mol. The summed E-state index contributed by atoms with van der Waals surface area (Å²) >= 11 is 5.70. The number of hydrogen-bond acceptors (Lipinski definition) is 4. The van der Waals surface area contributed by atoms with E-state index in [1.54, 1.807) is 0 Å². The van der Waals surface area contributed by atoms with Crippen LogP contribution in [0.3, 0.4) is 0 Å². The molecule has 0 aliphatic rings. The second kappa shape index (κ2) is 5.27. The van der Waals surface area contributed by atoms with Gasteiger partial charge in [-0.25, -0.2) is 4.79 Å². The number of ether oxygens (including phenoxy) is 1. The molecular weight excluding hydrogens is 258 g/mol. The molecule has 3 N–H and O–H groups in total. The first-order valence-corrected chi connectivity index (χ1v) is 5.57. The van der Waals surface area contributed by atoms with E-state index in [2.05, 4.69) is 0 Å². The minimum Gasteiger partial charge on any atom is -0.481 e. The molecule has 0 aliphatic carbocycles. The van der Waals surface area contributed by atoms with Gasteiger partial charge in [-0.3, -0.25) is 4.79 Å². The SMILES string of the molecule is CC(C)(COC(=O)c1ccc(Cl)cc1N)C(=O)O. The van der Waals surface area contributed by atoms with Crippen LogP contribution in [0.15, 0.2) is 18.2 Å². The molecule has 0 atom stereocenters. The highest BCUT2D eigenvalue weighted by Gasteiger charge is 2.29. The zero-order chi connectivity index (χ0) is 13.9. The lowest BCUT2D eigenvalue weighted by molar-refractivity contribution is -0.149. The van der Waals surface area contributed by atoms with Gasteiger partial charge < -0.3 is 15.6 Å². The molecule has 0 aliphatic heterocycles. The van der Waals surface area contributed by atoms with Crippen molar-refractivity contribution in [1.29, 1.82) is 0 Å². The fraction of sp³-hybridized carbons (Fsp3) is 0.333. The van der Waals surface area contributed by atoms with Crippen molar-refractivity contribution in [2.75, 3.05) is 12.3 Å². The van der Waals surface area contributed by atoms with Crippen LogP contribution >= 0.6 is 11.6 Å². The Hall–Kier alpha value is -1.75. The lowest BCUT2D eigenvalue weighted by Gasteiger charge is -2.18. The first kappa shape index (κ1) is 14.3. The van der Waals surface area contributed by atoms with Crippen LogP contribution in [0.25, 0.3) is 0 Å². The number of nitrogens with two attached hydrogens (primary N) is 1. The largest absolute Gasteiger partial charge is 0.481 e. The highest BCUT2D eigenvalue weighted by atomic mass is 35.5. The molecule has 0 unspecified atom stereocenters. The molecular formula is C12H14ClNO4. The summed E-state index contributed by atoms with van der Waals surface area (Å²) in [6.45, 7) is 2.70. The summed E-state index contributed by atoms with van der Waals surface area (Å²) in [5.41, 5.74) is 4.84. The molecule has 98 valence electrons. The quantitative estimate of drug-likeness (QED) is 0.647. The molecule has 0 bridgehead atoms. The summed E-state index contributed by atoms with van der Waals surface area (Å²) in [5.74, 6) is -1.71. The first-order valence-electron chi connectivity index (χ1n) is 5.19. The molecule has 0 saturated carbocycles. The number of carboxylic acids is 1. The molecule has 0 amide bonds. The van der Waals surface area contributed by atoms with Crippen LogP contribution in [0.1, 0.15) is 24.2 Å². The van der Waals surface area contributed by atoms with Gasteiger partial charge in [0.1, 0.15) is 6.61 Å². The van der Waals surface area contributed by atoms with E-state index in [1.807, 2.05) is 0 Å². The molecule has 1 aromatic carbocycles. The maximum Gasteiger partial charge on any atom is 0.340 e. The third kappa shape index (κ3) is 3.37. The lowest BCUT2D eigenvalue weighted by atomic mass is 9.95. The van der Waals surface area contributed by atoms with Gasteiger partial charge >= 0.3 is 11.9 Å². The first-order chi connectivity index (χ1) is 8.24.